The molecule has 1 rings (SSSR count). The first-order valence-electron chi connectivity index (χ1n) is 7.04. The lowest BCUT2D eigenvalue weighted by Crippen LogP contribution is -2.14. The van der Waals surface area contributed by atoms with Crippen molar-refractivity contribution in [1.82, 2.24) is 0 Å². The Morgan fingerprint density at radius 3 is 1.90 bits per heavy atom. The van der Waals surface area contributed by atoms with E-state index >= 15 is 0 Å². The zero-order chi connectivity index (χ0) is 15.2. The predicted molar refractivity (Wildman–Crippen MR) is 87.0 cm³/mol. The van der Waals surface area contributed by atoms with E-state index in [4.69, 9.17) is 18.9 Å². The molecule has 0 saturated heterocycles. The predicted octanol–water partition coefficient (Wildman–Crippen LogP) is 2.56. The highest BCUT2D eigenvalue weighted by Crippen LogP contribution is 2.13. The van der Waals surface area contributed by atoms with Crippen LogP contribution in [0, 0.1) is 0 Å². The summed E-state index contributed by atoms with van der Waals surface area (Å²) in [4.78, 5) is 0. The molecular weight excluding hydrogens is 338 g/mol. The van der Waals surface area contributed by atoms with Crippen LogP contribution in [0.1, 0.15) is 0 Å². The van der Waals surface area contributed by atoms with Gasteiger partial charge in [-0.25, -0.2) is 0 Å². The average Bonchev–Trinajstić information content (AvgIpc) is 2.50. The first-order valence-corrected chi connectivity index (χ1v) is 7.84. The quantitative estimate of drug-likeness (QED) is 0.547. The Hall–Kier alpha value is -0.660. The van der Waals surface area contributed by atoms with Gasteiger partial charge in [0.25, 0.3) is 0 Å². The molecule has 0 aliphatic rings. The van der Waals surface area contributed by atoms with Crippen LogP contribution in [0.25, 0.3) is 0 Å². The second kappa shape index (κ2) is 13.0. The molecule has 0 bridgehead atoms. The van der Waals surface area contributed by atoms with E-state index in [1.807, 2.05) is 24.3 Å². The summed E-state index contributed by atoms with van der Waals surface area (Å²) in [6, 6.07) is 8.06. The molecule has 0 fully saturated rings. The molecule has 1 N–H and O–H groups in total. The minimum Gasteiger partial charge on any atom is -0.383 e. The molecule has 120 valence electrons. The molecule has 0 spiro atoms. The molecule has 0 saturated carbocycles. The Kier molecular flexibility index (Phi) is 11.4. The third-order valence-corrected chi connectivity index (χ3v) is 3.12. The van der Waals surface area contributed by atoms with Crippen molar-refractivity contribution < 1.29 is 18.9 Å². The molecular formula is C15H24BrNO4. The van der Waals surface area contributed by atoms with E-state index in [-0.39, 0.29) is 0 Å². The zero-order valence-corrected chi connectivity index (χ0v) is 14.1. The van der Waals surface area contributed by atoms with Crippen molar-refractivity contribution >= 4 is 21.6 Å². The molecule has 0 aliphatic carbocycles. The molecule has 0 amide bonds. The van der Waals surface area contributed by atoms with Gasteiger partial charge in [-0.05, 0) is 24.3 Å². The first kappa shape index (κ1) is 18.4. The lowest BCUT2D eigenvalue weighted by Gasteiger charge is -2.08. The van der Waals surface area contributed by atoms with Crippen LogP contribution in [0.2, 0.25) is 0 Å². The maximum atomic E-state index is 5.47. The van der Waals surface area contributed by atoms with Gasteiger partial charge in [0.15, 0.2) is 0 Å². The van der Waals surface area contributed by atoms with Crippen molar-refractivity contribution in [2.45, 2.75) is 0 Å². The van der Waals surface area contributed by atoms with Crippen LogP contribution < -0.4 is 5.32 Å². The minimum absolute atomic E-state index is 0.588. The van der Waals surface area contributed by atoms with Crippen molar-refractivity contribution in [2.24, 2.45) is 0 Å². The van der Waals surface area contributed by atoms with Crippen molar-refractivity contribution in [3.8, 4) is 0 Å². The van der Waals surface area contributed by atoms with Gasteiger partial charge in [0.1, 0.15) is 0 Å². The maximum absolute atomic E-state index is 5.47. The fourth-order valence-electron chi connectivity index (χ4n) is 1.52. The standard InChI is InChI=1S/C15H24BrNO4/c1-18-8-9-20-12-13-21-11-10-19-7-6-17-15-4-2-14(16)3-5-15/h2-5,17H,6-13H2,1H3. The Labute approximate surface area is 135 Å². The van der Waals surface area contributed by atoms with E-state index in [2.05, 4.69) is 21.2 Å². The average molecular weight is 362 g/mol. The topological polar surface area (TPSA) is 49.0 Å². The summed E-state index contributed by atoms with van der Waals surface area (Å²) in [6.07, 6.45) is 0. The second-order valence-corrected chi connectivity index (χ2v) is 5.18. The Bertz CT molecular complexity index is 348. The van der Waals surface area contributed by atoms with Gasteiger partial charge in [-0.1, -0.05) is 15.9 Å². The number of halogens is 1. The molecule has 0 aromatic heterocycles. The van der Waals surface area contributed by atoms with Gasteiger partial charge in [0.2, 0.25) is 0 Å². The van der Waals surface area contributed by atoms with Crippen LogP contribution in [-0.2, 0) is 18.9 Å². The molecule has 0 unspecified atom stereocenters. The number of hydrogen-bond acceptors (Lipinski definition) is 5. The van der Waals surface area contributed by atoms with Crippen LogP contribution in [0.5, 0.6) is 0 Å². The van der Waals surface area contributed by atoms with Crippen LogP contribution in [0.15, 0.2) is 28.7 Å². The number of ether oxygens (including phenoxy) is 4. The SMILES string of the molecule is COCCOCCOCCOCCNc1ccc(Br)cc1. The smallest absolute Gasteiger partial charge is 0.0701 e. The number of rotatable bonds is 13. The van der Waals surface area contributed by atoms with Crippen LogP contribution in [0.4, 0.5) is 5.69 Å². The van der Waals surface area contributed by atoms with Crippen molar-refractivity contribution in [3.63, 3.8) is 0 Å². The van der Waals surface area contributed by atoms with Gasteiger partial charge in [-0.3, -0.25) is 0 Å². The fraction of sp³-hybridized carbons (Fsp3) is 0.600. The number of methoxy groups -OCH3 is 1. The molecule has 0 heterocycles. The fourth-order valence-corrected chi connectivity index (χ4v) is 1.78. The Balaban J connectivity index is 1.81. The molecule has 21 heavy (non-hydrogen) atoms. The molecule has 1 aromatic carbocycles. The zero-order valence-electron chi connectivity index (χ0n) is 12.5. The molecule has 1 aromatic rings. The van der Waals surface area contributed by atoms with E-state index in [1.165, 1.54) is 0 Å². The van der Waals surface area contributed by atoms with Crippen molar-refractivity contribution in [1.29, 1.82) is 0 Å². The summed E-state index contributed by atoms with van der Waals surface area (Å²) >= 11 is 3.40. The third-order valence-electron chi connectivity index (χ3n) is 2.60. The van der Waals surface area contributed by atoms with E-state index in [0.717, 1.165) is 16.7 Å². The first-order chi connectivity index (χ1) is 10.3. The van der Waals surface area contributed by atoms with E-state index in [1.54, 1.807) is 7.11 Å². The summed E-state index contributed by atoms with van der Waals surface area (Å²) in [6.45, 7) is 5.03. The van der Waals surface area contributed by atoms with Crippen molar-refractivity contribution in [2.75, 3.05) is 65.2 Å². The minimum atomic E-state index is 0.588. The molecule has 0 aliphatic heterocycles. The van der Waals surface area contributed by atoms with E-state index in [9.17, 15) is 0 Å². The van der Waals surface area contributed by atoms with Crippen LogP contribution in [-0.4, -0.2) is 59.9 Å². The molecule has 5 nitrogen and oxygen atoms in total. The van der Waals surface area contributed by atoms with Crippen LogP contribution >= 0.6 is 15.9 Å². The van der Waals surface area contributed by atoms with Gasteiger partial charge in [0, 0.05) is 23.8 Å². The number of hydrogen-bond donors (Lipinski definition) is 1. The summed E-state index contributed by atoms with van der Waals surface area (Å²) in [5, 5.41) is 3.28. The molecule has 0 radical (unpaired) electrons. The largest absolute Gasteiger partial charge is 0.383 e. The summed E-state index contributed by atoms with van der Waals surface area (Å²) in [5.41, 5.74) is 1.09. The normalized spacial score (nSPS) is 10.8. The highest BCUT2D eigenvalue weighted by Gasteiger charge is 1.93. The van der Waals surface area contributed by atoms with Gasteiger partial charge in [-0.15, -0.1) is 0 Å². The van der Waals surface area contributed by atoms with Crippen molar-refractivity contribution in [3.05, 3.63) is 28.7 Å². The number of nitrogens with one attached hydrogen (secondary N) is 1. The molecule has 0 atom stereocenters. The van der Waals surface area contributed by atoms with Crippen LogP contribution in [0.3, 0.4) is 0 Å². The monoisotopic (exact) mass is 361 g/mol. The Morgan fingerprint density at radius 1 is 0.810 bits per heavy atom. The molecule has 6 heteroatoms. The number of anilines is 1. The van der Waals surface area contributed by atoms with E-state index in [0.29, 0.717) is 46.2 Å². The van der Waals surface area contributed by atoms with Gasteiger partial charge in [-0.2, -0.15) is 0 Å². The summed E-state index contributed by atoms with van der Waals surface area (Å²) < 4.78 is 22.1. The third kappa shape index (κ3) is 10.7. The lowest BCUT2D eigenvalue weighted by molar-refractivity contribution is 0.00495. The van der Waals surface area contributed by atoms with Gasteiger partial charge in [0.05, 0.1) is 46.2 Å². The number of benzene rings is 1. The lowest BCUT2D eigenvalue weighted by atomic mass is 10.3. The summed E-state index contributed by atoms with van der Waals surface area (Å²) in [7, 11) is 1.66. The van der Waals surface area contributed by atoms with Gasteiger partial charge < -0.3 is 24.3 Å². The highest BCUT2D eigenvalue weighted by molar-refractivity contribution is 9.10. The van der Waals surface area contributed by atoms with E-state index < -0.39 is 0 Å². The van der Waals surface area contributed by atoms with Gasteiger partial charge >= 0.3 is 0 Å². The summed E-state index contributed by atoms with van der Waals surface area (Å²) in [5.74, 6) is 0. The Morgan fingerprint density at radius 2 is 1.33 bits per heavy atom. The second-order valence-electron chi connectivity index (χ2n) is 4.26. The maximum Gasteiger partial charge on any atom is 0.0701 e. The highest BCUT2D eigenvalue weighted by atomic mass is 79.9.